The van der Waals surface area contributed by atoms with Crippen molar-refractivity contribution in [2.75, 3.05) is 19.8 Å². The second kappa shape index (κ2) is 5.06. The zero-order valence-corrected chi connectivity index (χ0v) is 10.2. The van der Waals surface area contributed by atoms with Crippen LogP contribution in [0, 0.1) is 0 Å². The summed E-state index contributed by atoms with van der Waals surface area (Å²) in [6, 6.07) is 15.1. The van der Waals surface area contributed by atoms with Crippen molar-refractivity contribution < 1.29 is 9.84 Å². The van der Waals surface area contributed by atoms with Crippen molar-refractivity contribution in [2.24, 2.45) is 0 Å². The molecule has 0 bridgehead atoms. The van der Waals surface area contributed by atoms with Gasteiger partial charge in [-0.2, -0.15) is 0 Å². The Kier molecular flexibility index (Phi) is 3.28. The molecule has 2 aromatic rings. The monoisotopic (exact) mass is 243 g/mol. The lowest BCUT2D eigenvalue weighted by Crippen LogP contribution is -2.42. The normalized spacial score (nSPS) is 24.3. The van der Waals surface area contributed by atoms with E-state index in [-0.39, 0.29) is 18.8 Å². The van der Waals surface area contributed by atoms with E-state index in [1.54, 1.807) is 0 Å². The highest BCUT2D eigenvalue weighted by molar-refractivity contribution is 5.83. The smallest absolute Gasteiger partial charge is 0.0930 e. The standard InChI is InChI=1S/C15H17NO2/c17-9-14-8-16-15(10-18-14)13-6-5-11-3-1-2-4-12(11)7-13/h1-7,14-17H,8-10H2. The Hall–Kier alpha value is -1.42. The summed E-state index contributed by atoms with van der Waals surface area (Å²) in [6.07, 6.45) is -0.0679. The largest absolute Gasteiger partial charge is 0.394 e. The van der Waals surface area contributed by atoms with Crippen molar-refractivity contribution in [1.29, 1.82) is 0 Å². The van der Waals surface area contributed by atoms with Crippen molar-refractivity contribution >= 4 is 10.8 Å². The van der Waals surface area contributed by atoms with E-state index in [9.17, 15) is 0 Å². The van der Waals surface area contributed by atoms with Gasteiger partial charge in [0.1, 0.15) is 0 Å². The van der Waals surface area contributed by atoms with Gasteiger partial charge in [0.2, 0.25) is 0 Å². The molecule has 3 nitrogen and oxygen atoms in total. The van der Waals surface area contributed by atoms with Crippen molar-refractivity contribution in [3.63, 3.8) is 0 Å². The Morgan fingerprint density at radius 2 is 2.00 bits per heavy atom. The highest BCUT2D eigenvalue weighted by atomic mass is 16.5. The van der Waals surface area contributed by atoms with Crippen LogP contribution in [-0.4, -0.2) is 31.0 Å². The Balaban J connectivity index is 1.82. The van der Waals surface area contributed by atoms with E-state index in [4.69, 9.17) is 9.84 Å². The maximum Gasteiger partial charge on any atom is 0.0930 e. The van der Waals surface area contributed by atoms with E-state index in [2.05, 4.69) is 47.8 Å². The molecule has 1 saturated heterocycles. The Morgan fingerprint density at radius 1 is 1.17 bits per heavy atom. The van der Waals surface area contributed by atoms with Crippen molar-refractivity contribution in [2.45, 2.75) is 12.1 Å². The van der Waals surface area contributed by atoms with Crippen LogP contribution in [-0.2, 0) is 4.74 Å². The fourth-order valence-electron chi connectivity index (χ4n) is 2.38. The first kappa shape index (κ1) is 11.7. The number of hydrogen-bond acceptors (Lipinski definition) is 3. The minimum atomic E-state index is -0.0679. The molecule has 2 N–H and O–H groups in total. The van der Waals surface area contributed by atoms with Crippen LogP contribution in [0.15, 0.2) is 42.5 Å². The van der Waals surface area contributed by atoms with Gasteiger partial charge in [-0.3, -0.25) is 0 Å². The second-order valence-corrected chi connectivity index (χ2v) is 4.71. The van der Waals surface area contributed by atoms with Gasteiger partial charge in [-0.15, -0.1) is 0 Å². The summed E-state index contributed by atoms with van der Waals surface area (Å²) in [7, 11) is 0. The van der Waals surface area contributed by atoms with Crippen molar-refractivity contribution in [1.82, 2.24) is 5.32 Å². The van der Waals surface area contributed by atoms with Crippen LogP contribution in [0.25, 0.3) is 10.8 Å². The number of morpholine rings is 1. The average molecular weight is 243 g/mol. The molecule has 2 aromatic carbocycles. The number of rotatable bonds is 2. The van der Waals surface area contributed by atoms with Crippen LogP contribution < -0.4 is 5.32 Å². The van der Waals surface area contributed by atoms with Gasteiger partial charge in [0, 0.05) is 6.54 Å². The number of benzene rings is 2. The summed E-state index contributed by atoms with van der Waals surface area (Å²) in [5, 5.41) is 14.9. The van der Waals surface area contributed by atoms with E-state index in [1.165, 1.54) is 16.3 Å². The first-order valence-electron chi connectivity index (χ1n) is 6.31. The molecule has 3 heteroatoms. The highest BCUT2D eigenvalue weighted by Crippen LogP contribution is 2.22. The van der Waals surface area contributed by atoms with Crippen LogP contribution >= 0.6 is 0 Å². The van der Waals surface area contributed by atoms with Crippen LogP contribution in [0.2, 0.25) is 0 Å². The molecule has 0 aliphatic carbocycles. The Bertz CT molecular complexity index is 533. The summed E-state index contributed by atoms with van der Waals surface area (Å²) in [5.74, 6) is 0. The Morgan fingerprint density at radius 3 is 2.72 bits per heavy atom. The van der Waals surface area contributed by atoms with Gasteiger partial charge in [0.15, 0.2) is 0 Å². The zero-order valence-electron chi connectivity index (χ0n) is 10.2. The van der Waals surface area contributed by atoms with E-state index in [1.807, 2.05) is 0 Å². The molecule has 2 atom stereocenters. The lowest BCUT2D eigenvalue weighted by Gasteiger charge is -2.29. The lowest BCUT2D eigenvalue weighted by atomic mass is 10.0. The molecule has 0 amide bonds. The van der Waals surface area contributed by atoms with Gasteiger partial charge in [0.05, 0.1) is 25.4 Å². The zero-order chi connectivity index (χ0) is 12.4. The summed E-state index contributed by atoms with van der Waals surface area (Å²) in [4.78, 5) is 0. The molecule has 1 fully saturated rings. The molecule has 0 radical (unpaired) electrons. The molecular formula is C15H17NO2. The number of aliphatic hydroxyl groups is 1. The predicted molar refractivity (Wildman–Crippen MR) is 71.5 cm³/mol. The summed E-state index contributed by atoms with van der Waals surface area (Å²) >= 11 is 0. The first-order valence-corrected chi connectivity index (χ1v) is 6.31. The van der Waals surface area contributed by atoms with Gasteiger partial charge < -0.3 is 15.2 Å². The number of fused-ring (bicyclic) bond motifs is 1. The lowest BCUT2D eigenvalue weighted by molar-refractivity contribution is -0.0259. The molecule has 1 heterocycles. The SMILES string of the molecule is OCC1CNC(c2ccc3ccccc3c2)CO1. The van der Waals surface area contributed by atoms with Gasteiger partial charge in [-0.1, -0.05) is 36.4 Å². The average Bonchev–Trinajstić information content (AvgIpc) is 2.47. The molecule has 2 unspecified atom stereocenters. The third-order valence-electron chi connectivity index (χ3n) is 3.47. The topological polar surface area (TPSA) is 41.5 Å². The van der Waals surface area contributed by atoms with Crippen molar-refractivity contribution in [3.05, 3.63) is 48.0 Å². The molecule has 0 aromatic heterocycles. The molecule has 1 aliphatic heterocycles. The van der Waals surface area contributed by atoms with Crippen LogP contribution in [0.1, 0.15) is 11.6 Å². The molecule has 3 rings (SSSR count). The molecule has 0 saturated carbocycles. The maximum atomic E-state index is 9.02. The predicted octanol–water partition coefficient (Wildman–Crippen LogP) is 1.86. The third-order valence-corrected chi connectivity index (χ3v) is 3.47. The fraction of sp³-hybridized carbons (Fsp3) is 0.333. The molecule has 0 spiro atoms. The van der Waals surface area contributed by atoms with Gasteiger partial charge >= 0.3 is 0 Å². The van der Waals surface area contributed by atoms with E-state index < -0.39 is 0 Å². The maximum absolute atomic E-state index is 9.02. The summed E-state index contributed by atoms with van der Waals surface area (Å²) < 4.78 is 5.59. The van der Waals surface area contributed by atoms with Crippen molar-refractivity contribution in [3.8, 4) is 0 Å². The van der Waals surface area contributed by atoms with E-state index in [0.717, 1.165) is 0 Å². The summed E-state index contributed by atoms with van der Waals surface area (Å²) in [5.41, 5.74) is 1.24. The van der Waals surface area contributed by atoms with E-state index in [0.29, 0.717) is 13.2 Å². The number of aliphatic hydroxyl groups excluding tert-OH is 1. The number of nitrogens with one attached hydrogen (secondary N) is 1. The van der Waals surface area contributed by atoms with Gasteiger partial charge in [-0.25, -0.2) is 0 Å². The molecule has 18 heavy (non-hydrogen) atoms. The van der Waals surface area contributed by atoms with Gasteiger partial charge in [0.25, 0.3) is 0 Å². The fourth-order valence-corrected chi connectivity index (χ4v) is 2.38. The summed E-state index contributed by atoms with van der Waals surface area (Å²) in [6.45, 7) is 1.40. The number of hydrogen-bond donors (Lipinski definition) is 2. The molecule has 94 valence electrons. The van der Waals surface area contributed by atoms with E-state index >= 15 is 0 Å². The minimum Gasteiger partial charge on any atom is -0.394 e. The second-order valence-electron chi connectivity index (χ2n) is 4.71. The highest BCUT2D eigenvalue weighted by Gasteiger charge is 2.21. The number of ether oxygens (including phenoxy) is 1. The van der Waals surface area contributed by atoms with Crippen LogP contribution in [0.4, 0.5) is 0 Å². The molecular weight excluding hydrogens is 226 g/mol. The first-order chi connectivity index (χ1) is 8.86. The Labute approximate surface area is 106 Å². The van der Waals surface area contributed by atoms with Crippen LogP contribution in [0.3, 0.4) is 0 Å². The minimum absolute atomic E-state index is 0.0679. The van der Waals surface area contributed by atoms with Gasteiger partial charge in [-0.05, 0) is 22.4 Å². The quantitative estimate of drug-likeness (QED) is 0.846. The molecule has 1 aliphatic rings. The third kappa shape index (κ3) is 2.25. The van der Waals surface area contributed by atoms with Crippen LogP contribution in [0.5, 0.6) is 0 Å².